The zero-order valence-electron chi connectivity index (χ0n) is 16.8. The third-order valence-electron chi connectivity index (χ3n) is 6.14. The molecule has 1 saturated heterocycles. The summed E-state index contributed by atoms with van der Waals surface area (Å²) in [5.74, 6) is -1.45. The fraction of sp³-hybridized carbons (Fsp3) is 0.524. The topological polar surface area (TPSA) is 92.8 Å². The van der Waals surface area contributed by atoms with Crippen molar-refractivity contribution in [2.45, 2.75) is 58.9 Å². The van der Waals surface area contributed by atoms with Crippen LogP contribution in [0.1, 0.15) is 58.3 Å². The van der Waals surface area contributed by atoms with Crippen LogP contribution >= 0.6 is 0 Å². The Kier molecular flexibility index (Phi) is 5.28. The second kappa shape index (κ2) is 7.37. The third-order valence-corrected chi connectivity index (χ3v) is 6.14. The van der Waals surface area contributed by atoms with E-state index >= 15 is 0 Å². The molecule has 0 atom stereocenters. The molecule has 1 aromatic rings. The summed E-state index contributed by atoms with van der Waals surface area (Å²) < 4.78 is 5.07. The largest absolute Gasteiger partial charge is 0.456 e. The minimum Gasteiger partial charge on any atom is -0.456 e. The molecule has 28 heavy (non-hydrogen) atoms. The molecule has 1 heterocycles. The summed E-state index contributed by atoms with van der Waals surface area (Å²) in [7, 11) is 0. The van der Waals surface area contributed by atoms with Crippen molar-refractivity contribution >= 4 is 23.7 Å². The molecule has 0 aromatic heterocycles. The summed E-state index contributed by atoms with van der Waals surface area (Å²) in [6.07, 6.45) is 2.92. The smallest absolute Gasteiger partial charge is 0.326 e. The first-order valence-corrected chi connectivity index (χ1v) is 9.56. The molecule has 150 valence electrons. The molecule has 1 saturated carbocycles. The fourth-order valence-electron chi connectivity index (χ4n) is 4.04. The molecule has 1 aromatic carbocycles. The Morgan fingerprint density at radius 2 is 1.71 bits per heavy atom. The first-order valence-electron chi connectivity index (χ1n) is 9.56. The van der Waals surface area contributed by atoms with E-state index in [0.29, 0.717) is 18.4 Å². The molecule has 7 heteroatoms. The lowest BCUT2D eigenvalue weighted by atomic mass is 9.93. The number of hydrogen-bond donors (Lipinski definition) is 1. The second-order valence-electron chi connectivity index (χ2n) is 7.81. The van der Waals surface area contributed by atoms with Gasteiger partial charge in [0, 0.05) is 5.56 Å². The van der Waals surface area contributed by atoms with Gasteiger partial charge in [-0.15, -0.1) is 0 Å². The van der Waals surface area contributed by atoms with Gasteiger partial charge in [0.05, 0.1) is 0 Å². The zero-order chi connectivity index (χ0) is 20.6. The van der Waals surface area contributed by atoms with Gasteiger partial charge in [0.15, 0.2) is 6.61 Å². The number of rotatable bonds is 5. The molecule has 3 rings (SSSR count). The van der Waals surface area contributed by atoms with Gasteiger partial charge in [0.2, 0.25) is 5.78 Å². The van der Waals surface area contributed by atoms with Crippen molar-refractivity contribution in [2.24, 2.45) is 0 Å². The molecule has 1 aliphatic carbocycles. The maximum Gasteiger partial charge on any atom is 0.326 e. The maximum atomic E-state index is 12.6. The van der Waals surface area contributed by atoms with Crippen LogP contribution in [-0.4, -0.2) is 47.3 Å². The minimum absolute atomic E-state index is 0.304. The Bertz CT molecular complexity index is 868. The summed E-state index contributed by atoms with van der Waals surface area (Å²) >= 11 is 0. The van der Waals surface area contributed by atoms with E-state index in [1.807, 2.05) is 27.7 Å². The highest BCUT2D eigenvalue weighted by atomic mass is 16.5. The number of carbonyl (C=O) groups excluding carboxylic acids is 4. The molecule has 0 radical (unpaired) electrons. The van der Waals surface area contributed by atoms with Gasteiger partial charge in [-0.2, -0.15) is 0 Å². The van der Waals surface area contributed by atoms with Crippen molar-refractivity contribution in [1.29, 1.82) is 0 Å². The summed E-state index contributed by atoms with van der Waals surface area (Å²) in [4.78, 5) is 50.2. The quantitative estimate of drug-likeness (QED) is 0.477. The van der Waals surface area contributed by atoms with Crippen molar-refractivity contribution < 1.29 is 23.9 Å². The molecule has 1 N–H and O–H groups in total. The van der Waals surface area contributed by atoms with E-state index in [2.05, 4.69) is 5.32 Å². The van der Waals surface area contributed by atoms with Crippen LogP contribution in [0.25, 0.3) is 0 Å². The van der Waals surface area contributed by atoms with E-state index in [1.165, 1.54) is 0 Å². The van der Waals surface area contributed by atoms with Crippen molar-refractivity contribution in [2.75, 3.05) is 13.2 Å². The highest BCUT2D eigenvalue weighted by molar-refractivity contribution is 6.09. The van der Waals surface area contributed by atoms with Crippen LogP contribution < -0.4 is 5.32 Å². The number of nitrogens with zero attached hydrogens (tertiary/aromatic N) is 1. The van der Waals surface area contributed by atoms with E-state index < -0.39 is 30.7 Å². The summed E-state index contributed by atoms with van der Waals surface area (Å²) in [5, 5.41) is 2.71. The van der Waals surface area contributed by atoms with Gasteiger partial charge in [-0.05, 0) is 68.9 Å². The van der Waals surface area contributed by atoms with Gasteiger partial charge in [0.25, 0.3) is 5.91 Å². The molecule has 7 nitrogen and oxygen atoms in total. The number of benzene rings is 1. The van der Waals surface area contributed by atoms with Gasteiger partial charge >= 0.3 is 12.0 Å². The van der Waals surface area contributed by atoms with Crippen LogP contribution in [0.5, 0.6) is 0 Å². The van der Waals surface area contributed by atoms with Gasteiger partial charge in [-0.3, -0.25) is 19.3 Å². The van der Waals surface area contributed by atoms with Crippen LogP contribution in [0.3, 0.4) is 0 Å². The molecule has 0 bridgehead atoms. The van der Waals surface area contributed by atoms with Crippen LogP contribution in [-0.2, 0) is 14.3 Å². The van der Waals surface area contributed by atoms with Crippen LogP contribution in [0, 0.1) is 27.7 Å². The molecule has 1 spiro atoms. The number of ether oxygens (including phenoxy) is 1. The molecule has 2 aliphatic rings. The Balaban J connectivity index is 1.61. The number of Topliss-reactive ketones (excluding diaryl/α,β-unsaturated/α-hetero) is 1. The van der Waals surface area contributed by atoms with Gasteiger partial charge in [-0.25, -0.2) is 4.79 Å². The van der Waals surface area contributed by atoms with Crippen molar-refractivity contribution in [3.05, 3.63) is 33.9 Å². The number of aryl methyl sites for hydroxylation is 1. The number of ketones is 1. The highest BCUT2D eigenvalue weighted by Gasteiger charge is 2.52. The standard InChI is InChI=1S/C21H26N2O5/c1-12-9-16(15(4)14(3)13(12)2)17(24)11-28-18(25)10-23-19(26)21(22-20(23)27)7-5-6-8-21/h9H,5-8,10-11H2,1-4H3,(H,22,27). The third kappa shape index (κ3) is 3.41. The zero-order valence-corrected chi connectivity index (χ0v) is 16.8. The average Bonchev–Trinajstić information content (AvgIpc) is 3.22. The second-order valence-corrected chi connectivity index (χ2v) is 7.81. The number of hydrogen-bond acceptors (Lipinski definition) is 5. The van der Waals surface area contributed by atoms with E-state index in [0.717, 1.165) is 40.0 Å². The van der Waals surface area contributed by atoms with E-state index in [-0.39, 0.29) is 11.7 Å². The Hall–Kier alpha value is -2.70. The lowest BCUT2D eigenvalue weighted by Crippen LogP contribution is -2.44. The SMILES string of the molecule is Cc1cc(C(=O)COC(=O)CN2C(=O)NC3(CCCC3)C2=O)c(C)c(C)c1C. The van der Waals surface area contributed by atoms with Gasteiger partial charge < -0.3 is 10.1 Å². The van der Waals surface area contributed by atoms with Crippen LogP contribution in [0.2, 0.25) is 0 Å². The van der Waals surface area contributed by atoms with Gasteiger partial charge in [0.1, 0.15) is 12.1 Å². The van der Waals surface area contributed by atoms with Crippen LogP contribution in [0.15, 0.2) is 6.07 Å². The first-order chi connectivity index (χ1) is 13.2. The summed E-state index contributed by atoms with van der Waals surface area (Å²) in [6.45, 7) is 6.85. The predicted octanol–water partition coefficient (Wildman–Crippen LogP) is 2.51. The average molecular weight is 386 g/mol. The summed E-state index contributed by atoms with van der Waals surface area (Å²) in [6, 6.07) is 1.23. The number of carbonyl (C=O) groups is 4. The summed E-state index contributed by atoms with van der Waals surface area (Å²) in [5.41, 5.74) is 3.69. The first kappa shape index (κ1) is 20.0. The minimum atomic E-state index is -0.860. The number of urea groups is 1. The van der Waals surface area contributed by atoms with Crippen molar-refractivity contribution in [1.82, 2.24) is 10.2 Å². The number of imide groups is 1. The molecular weight excluding hydrogens is 360 g/mol. The molecular formula is C21H26N2O5. The lowest BCUT2D eigenvalue weighted by molar-refractivity contribution is -0.146. The van der Waals surface area contributed by atoms with Crippen molar-refractivity contribution in [3.8, 4) is 0 Å². The predicted molar refractivity (Wildman–Crippen MR) is 102 cm³/mol. The maximum absolute atomic E-state index is 12.6. The van der Waals surface area contributed by atoms with Crippen LogP contribution in [0.4, 0.5) is 4.79 Å². The fourth-order valence-corrected chi connectivity index (χ4v) is 4.04. The van der Waals surface area contributed by atoms with E-state index in [1.54, 1.807) is 6.07 Å². The Morgan fingerprint density at radius 3 is 2.36 bits per heavy atom. The number of esters is 1. The van der Waals surface area contributed by atoms with E-state index in [9.17, 15) is 19.2 Å². The highest BCUT2D eigenvalue weighted by Crippen LogP contribution is 2.34. The van der Waals surface area contributed by atoms with Crippen molar-refractivity contribution in [3.63, 3.8) is 0 Å². The Morgan fingerprint density at radius 1 is 1.07 bits per heavy atom. The molecule has 0 unspecified atom stereocenters. The monoisotopic (exact) mass is 386 g/mol. The lowest BCUT2D eigenvalue weighted by Gasteiger charge is -2.19. The molecule has 2 fully saturated rings. The Labute approximate surface area is 164 Å². The number of amides is 3. The van der Waals surface area contributed by atoms with E-state index in [4.69, 9.17) is 4.74 Å². The number of nitrogens with one attached hydrogen (secondary N) is 1. The molecule has 1 aliphatic heterocycles. The molecule has 3 amide bonds. The van der Waals surface area contributed by atoms with Gasteiger partial charge in [-0.1, -0.05) is 12.8 Å². The normalized spacial score (nSPS) is 17.9.